The molecule has 6 rings (SSSR count). The molecule has 0 bridgehead atoms. The number of hydrogen-bond donors (Lipinski definition) is 0. The molecule has 8 heteroatoms. The molecule has 4 aromatic rings. The first-order valence-corrected chi connectivity index (χ1v) is 15.2. The maximum atomic E-state index is 14.3. The Morgan fingerprint density at radius 3 is 2.52 bits per heavy atom. The van der Waals surface area contributed by atoms with Crippen LogP contribution >= 0.6 is 0 Å². The molecule has 2 aromatic carbocycles. The topological polar surface area (TPSA) is 102 Å². The Balaban J connectivity index is 1.26. The molecular formula is C34H37N5O3. The van der Waals surface area contributed by atoms with Crippen LogP contribution in [-0.2, 0) is 22.4 Å². The SMILES string of the molecule is CCCc1c(Cc2ccc(-c3ccccc3C#N)cc2)c(=O)n([C@H]2CC[C@H](OCC3(C=O)CCC3)CC2)c2ncnn12. The minimum atomic E-state index is -0.275. The van der Waals surface area contributed by atoms with Gasteiger partial charge in [0.25, 0.3) is 5.56 Å². The third-order valence-corrected chi connectivity index (χ3v) is 9.22. The zero-order chi connectivity index (χ0) is 29.1. The van der Waals surface area contributed by atoms with Gasteiger partial charge in [0.05, 0.1) is 30.0 Å². The van der Waals surface area contributed by atoms with Crippen molar-refractivity contribution in [2.75, 3.05) is 6.61 Å². The summed E-state index contributed by atoms with van der Waals surface area (Å²) in [5.41, 5.74) is 4.97. The van der Waals surface area contributed by atoms with Gasteiger partial charge >= 0.3 is 0 Å². The van der Waals surface area contributed by atoms with Gasteiger partial charge in [0.1, 0.15) is 12.6 Å². The van der Waals surface area contributed by atoms with Gasteiger partial charge in [-0.05, 0) is 67.7 Å². The van der Waals surface area contributed by atoms with E-state index < -0.39 is 0 Å². The van der Waals surface area contributed by atoms with E-state index in [4.69, 9.17) is 4.74 Å². The summed E-state index contributed by atoms with van der Waals surface area (Å²) in [5, 5.41) is 14.1. The van der Waals surface area contributed by atoms with Gasteiger partial charge in [-0.1, -0.05) is 62.2 Å². The van der Waals surface area contributed by atoms with Crippen molar-refractivity contribution >= 4 is 12.1 Å². The Hall–Kier alpha value is -4.09. The van der Waals surface area contributed by atoms with E-state index in [0.29, 0.717) is 24.4 Å². The van der Waals surface area contributed by atoms with Crippen LogP contribution in [0, 0.1) is 16.7 Å². The van der Waals surface area contributed by atoms with E-state index in [1.807, 2.05) is 57.6 Å². The van der Waals surface area contributed by atoms with E-state index in [1.54, 1.807) is 6.33 Å². The second-order valence-corrected chi connectivity index (χ2v) is 11.9. The van der Waals surface area contributed by atoms with Crippen molar-refractivity contribution in [2.45, 2.75) is 83.3 Å². The van der Waals surface area contributed by atoms with Crippen molar-refractivity contribution in [2.24, 2.45) is 5.41 Å². The lowest BCUT2D eigenvalue weighted by Gasteiger charge is -2.38. The van der Waals surface area contributed by atoms with Crippen LogP contribution in [0.2, 0.25) is 0 Å². The standard InChI is InChI=1S/C34H37N5O3/c1-2-6-31-30(19-24-9-11-25(12-10-24)29-8-4-3-7-26(29)20-35)32(41)38(33-36-23-37-39(31)33)27-13-15-28(16-14-27)42-22-34(21-40)17-5-18-34/h3-4,7-12,21,23,27-28H,2,5-6,13-19,22H2,1H3/t27-,28-. The number of rotatable bonds is 10. The third kappa shape index (κ3) is 5.30. The highest BCUT2D eigenvalue weighted by molar-refractivity contribution is 5.70. The Morgan fingerprint density at radius 1 is 1.10 bits per heavy atom. The van der Waals surface area contributed by atoms with Crippen LogP contribution in [0.4, 0.5) is 0 Å². The van der Waals surface area contributed by atoms with E-state index in [-0.39, 0.29) is 23.1 Å². The maximum Gasteiger partial charge on any atom is 0.259 e. The van der Waals surface area contributed by atoms with Gasteiger partial charge in [-0.15, -0.1) is 0 Å². The van der Waals surface area contributed by atoms with Crippen molar-refractivity contribution in [3.05, 3.63) is 87.6 Å². The summed E-state index contributed by atoms with van der Waals surface area (Å²) in [6.45, 7) is 2.62. The van der Waals surface area contributed by atoms with Crippen molar-refractivity contribution in [3.8, 4) is 17.2 Å². The number of carbonyl (C=O) groups excluding carboxylic acids is 1. The van der Waals surface area contributed by atoms with Crippen molar-refractivity contribution in [3.63, 3.8) is 0 Å². The van der Waals surface area contributed by atoms with Gasteiger partial charge in [0, 0.05) is 23.4 Å². The highest BCUT2D eigenvalue weighted by Gasteiger charge is 2.38. The maximum absolute atomic E-state index is 14.3. The average molecular weight is 564 g/mol. The van der Waals surface area contributed by atoms with Gasteiger partial charge in [0.2, 0.25) is 5.78 Å². The lowest BCUT2D eigenvalue weighted by atomic mass is 9.70. The Bertz CT molecular complexity index is 1670. The number of nitriles is 1. The van der Waals surface area contributed by atoms with Crippen LogP contribution in [0.3, 0.4) is 0 Å². The highest BCUT2D eigenvalue weighted by atomic mass is 16.5. The van der Waals surface area contributed by atoms with Gasteiger partial charge in [0.15, 0.2) is 0 Å². The predicted molar refractivity (Wildman–Crippen MR) is 160 cm³/mol. The largest absolute Gasteiger partial charge is 0.377 e. The molecule has 2 saturated carbocycles. The first-order chi connectivity index (χ1) is 20.6. The molecule has 8 nitrogen and oxygen atoms in total. The predicted octanol–water partition coefficient (Wildman–Crippen LogP) is 5.84. The number of carbonyl (C=O) groups is 1. The molecule has 0 N–H and O–H groups in total. The Morgan fingerprint density at radius 2 is 1.86 bits per heavy atom. The number of benzene rings is 2. The smallest absolute Gasteiger partial charge is 0.259 e. The Labute approximate surface area is 246 Å². The molecule has 2 aromatic heterocycles. The summed E-state index contributed by atoms with van der Waals surface area (Å²) in [6.07, 6.45) is 11.2. The summed E-state index contributed by atoms with van der Waals surface area (Å²) < 4.78 is 9.94. The molecule has 0 amide bonds. The minimum Gasteiger partial charge on any atom is -0.377 e. The molecule has 0 saturated heterocycles. The highest BCUT2D eigenvalue weighted by Crippen LogP contribution is 2.40. The van der Waals surface area contributed by atoms with Crippen molar-refractivity contribution in [1.29, 1.82) is 5.26 Å². The fraction of sp³-hybridized carbons (Fsp3) is 0.441. The second-order valence-electron chi connectivity index (χ2n) is 11.9. The summed E-state index contributed by atoms with van der Waals surface area (Å²) in [4.78, 5) is 30.3. The molecular weight excluding hydrogens is 526 g/mol. The molecule has 2 fully saturated rings. The normalized spacial score (nSPS) is 19.7. The quantitative estimate of drug-likeness (QED) is 0.225. The monoisotopic (exact) mass is 563 g/mol. The molecule has 2 aliphatic rings. The minimum absolute atomic E-state index is 0.0107. The zero-order valence-electron chi connectivity index (χ0n) is 24.2. The molecule has 2 heterocycles. The van der Waals surface area contributed by atoms with Crippen LogP contribution in [0.15, 0.2) is 59.7 Å². The number of hydrogen-bond acceptors (Lipinski definition) is 6. The van der Waals surface area contributed by atoms with Crippen LogP contribution in [0.1, 0.15) is 86.7 Å². The second kappa shape index (κ2) is 12.0. The molecule has 0 spiro atoms. The summed E-state index contributed by atoms with van der Waals surface area (Å²) in [7, 11) is 0. The fourth-order valence-corrected chi connectivity index (χ4v) is 6.60. The number of ether oxygens (including phenoxy) is 1. The lowest BCUT2D eigenvalue weighted by molar-refractivity contribution is -0.129. The average Bonchev–Trinajstić information content (AvgIpc) is 3.49. The van der Waals surface area contributed by atoms with Crippen LogP contribution in [0.5, 0.6) is 0 Å². The van der Waals surface area contributed by atoms with Gasteiger partial charge in [-0.2, -0.15) is 15.3 Å². The van der Waals surface area contributed by atoms with E-state index >= 15 is 0 Å². The lowest BCUT2D eigenvalue weighted by Crippen LogP contribution is -2.39. The number of aromatic nitrogens is 4. The van der Waals surface area contributed by atoms with E-state index in [1.165, 1.54) is 0 Å². The molecule has 0 radical (unpaired) electrons. The van der Waals surface area contributed by atoms with Crippen molar-refractivity contribution in [1.82, 2.24) is 19.2 Å². The van der Waals surface area contributed by atoms with Crippen LogP contribution in [0.25, 0.3) is 16.9 Å². The fourth-order valence-electron chi connectivity index (χ4n) is 6.60. The summed E-state index contributed by atoms with van der Waals surface area (Å²) >= 11 is 0. The van der Waals surface area contributed by atoms with E-state index in [2.05, 4.69) is 23.1 Å². The zero-order valence-corrected chi connectivity index (χ0v) is 24.2. The third-order valence-electron chi connectivity index (χ3n) is 9.22. The number of aryl methyl sites for hydroxylation is 1. The van der Waals surface area contributed by atoms with Gasteiger partial charge in [-0.25, -0.2) is 4.52 Å². The molecule has 0 atom stereocenters. The van der Waals surface area contributed by atoms with E-state index in [9.17, 15) is 14.9 Å². The first-order valence-electron chi connectivity index (χ1n) is 15.2. The van der Waals surface area contributed by atoms with E-state index in [0.717, 1.165) is 92.0 Å². The molecule has 42 heavy (non-hydrogen) atoms. The first kappa shape index (κ1) is 28.0. The molecule has 216 valence electrons. The number of nitrogens with zero attached hydrogens (tertiary/aromatic N) is 5. The molecule has 0 aliphatic heterocycles. The molecule has 0 unspecified atom stereocenters. The van der Waals surface area contributed by atoms with Gasteiger partial charge < -0.3 is 9.53 Å². The summed E-state index contributed by atoms with van der Waals surface area (Å²) in [6, 6.07) is 18.0. The number of aldehydes is 1. The summed E-state index contributed by atoms with van der Waals surface area (Å²) in [5.74, 6) is 0.606. The van der Waals surface area contributed by atoms with Crippen LogP contribution < -0.4 is 5.56 Å². The Kier molecular flexibility index (Phi) is 8.03. The van der Waals surface area contributed by atoms with Crippen LogP contribution in [-0.4, -0.2) is 38.2 Å². The number of fused-ring (bicyclic) bond motifs is 1. The van der Waals surface area contributed by atoms with Crippen molar-refractivity contribution < 1.29 is 9.53 Å². The molecule has 2 aliphatic carbocycles. The van der Waals surface area contributed by atoms with Gasteiger partial charge in [-0.3, -0.25) is 9.36 Å².